The molecule has 0 spiro atoms. The Morgan fingerprint density at radius 1 is 1.15 bits per heavy atom. The van der Waals surface area contributed by atoms with Gasteiger partial charge < -0.3 is 9.80 Å². The minimum Gasteiger partial charge on any atom is -0.334 e. The molecular formula is C20H28N5O2+. The van der Waals surface area contributed by atoms with Crippen LogP contribution >= 0.6 is 0 Å². The van der Waals surface area contributed by atoms with Gasteiger partial charge in [0.25, 0.3) is 5.56 Å². The van der Waals surface area contributed by atoms with Gasteiger partial charge in [0.05, 0.1) is 38.6 Å². The molecule has 2 heterocycles. The van der Waals surface area contributed by atoms with Crippen molar-refractivity contribution in [2.75, 3.05) is 33.2 Å². The quantitative estimate of drug-likeness (QED) is 0.823. The fourth-order valence-electron chi connectivity index (χ4n) is 4.35. The maximum absolute atomic E-state index is 12.8. The second kappa shape index (κ2) is 7.76. The van der Waals surface area contributed by atoms with Gasteiger partial charge in [-0.05, 0) is 43.7 Å². The van der Waals surface area contributed by atoms with Gasteiger partial charge in [-0.15, -0.1) is 5.10 Å². The summed E-state index contributed by atoms with van der Waals surface area (Å²) >= 11 is 0. The number of fused-ring (bicyclic) bond motifs is 1. The molecule has 0 bridgehead atoms. The number of aromatic nitrogens is 3. The molecule has 1 aliphatic heterocycles. The molecule has 1 aromatic heterocycles. The van der Waals surface area contributed by atoms with E-state index in [9.17, 15) is 9.59 Å². The van der Waals surface area contributed by atoms with Crippen LogP contribution in [0.25, 0.3) is 10.9 Å². The molecule has 1 aromatic carbocycles. The van der Waals surface area contributed by atoms with Crippen molar-refractivity contribution in [3.8, 4) is 0 Å². The predicted octanol–water partition coefficient (Wildman–Crippen LogP) is -0.0452. The highest BCUT2D eigenvalue weighted by Gasteiger charge is 2.31. The highest BCUT2D eigenvalue weighted by atomic mass is 16.2. The number of nitrogens with one attached hydrogen (secondary N) is 1. The summed E-state index contributed by atoms with van der Waals surface area (Å²) in [6, 6.07) is 7.33. The first-order valence-electron chi connectivity index (χ1n) is 10.0. The first-order valence-corrected chi connectivity index (χ1v) is 10.0. The third kappa shape index (κ3) is 3.88. The number of benzene rings is 1. The average Bonchev–Trinajstić information content (AvgIpc) is 2.71. The van der Waals surface area contributed by atoms with Crippen LogP contribution in [-0.4, -0.2) is 59.0 Å². The molecule has 2 aliphatic rings. The van der Waals surface area contributed by atoms with Gasteiger partial charge in [0, 0.05) is 12.5 Å². The Balaban J connectivity index is 1.35. The Morgan fingerprint density at radius 2 is 1.85 bits per heavy atom. The van der Waals surface area contributed by atoms with Crippen molar-refractivity contribution >= 4 is 16.8 Å². The summed E-state index contributed by atoms with van der Waals surface area (Å²) < 4.78 is 1.50. The molecule has 144 valence electrons. The molecule has 1 saturated heterocycles. The summed E-state index contributed by atoms with van der Waals surface area (Å²) in [5.74, 6) is 0.877. The molecule has 4 rings (SSSR count). The Kier molecular flexibility index (Phi) is 5.20. The monoisotopic (exact) mass is 370 g/mol. The maximum Gasteiger partial charge on any atom is 0.277 e. The molecule has 2 aromatic rings. The number of hydrogen-bond acceptors (Lipinski definition) is 4. The van der Waals surface area contributed by atoms with E-state index in [1.165, 1.54) is 9.58 Å². The van der Waals surface area contributed by atoms with Crippen LogP contribution in [0.3, 0.4) is 0 Å². The SMILES string of the molecule is C[NH+]1CCN(C(=O)C2CCC(Cn3nnc4ccccc4c3=O)CC2)CC1. The average molecular weight is 370 g/mol. The van der Waals surface area contributed by atoms with Crippen molar-refractivity contribution < 1.29 is 9.69 Å². The molecule has 27 heavy (non-hydrogen) atoms. The number of quaternary nitrogens is 1. The zero-order chi connectivity index (χ0) is 18.8. The molecule has 0 atom stereocenters. The van der Waals surface area contributed by atoms with E-state index in [1.54, 1.807) is 6.07 Å². The number of amides is 1. The van der Waals surface area contributed by atoms with E-state index in [4.69, 9.17) is 0 Å². The van der Waals surface area contributed by atoms with Gasteiger partial charge in [-0.1, -0.05) is 17.3 Å². The van der Waals surface area contributed by atoms with Crippen LogP contribution in [0.15, 0.2) is 29.1 Å². The van der Waals surface area contributed by atoms with E-state index in [-0.39, 0.29) is 11.5 Å². The molecule has 1 aliphatic carbocycles. The lowest BCUT2D eigenvalue weighted by atomic mass is 9.81. The first-order chi connectivity index (χ1) is 13.1. The van der Waals surface area contributed by atoms with Crippen LogP contribution in [0.2, 0.25) is 0 Å². The van der Waals surface area contributed by atoms with Gasteiger partial charge in [-0.2, -0.15) is 0 Å². The lowest BCUT2D eigenvalue weighted by Gasteiger charge is -2.35. The molecule has 7 nitrogen and oxygen atoms in total. The fraction of sp³-hybridized carbons (Fsp3) is 0.600. The number of carbonyl (C=O) groups excluding carboxylic acids is 1. The molecule has 1 amide bonds. The van der Waals surface area contributed by atoms with Gasteiger partial charge in [0.2, 0.25) is 5.91 Å². The van der Waals surface area contributed by atoms with Crippen LogP contribution in [0.4, 0.5) is 0 Å². The maximum atomic E-state index is 12.8. The lowest BCUT2D eigenvalue weighted by molar-refractivity contribution is -0.883. The highest BCUT2D eigenvalue weighted by molar-refractivity contribution is 5.79. The number of hydrogen-bond donors (Lipinski definition) is 1. The minimum absolute atomic E-state index is 0.0706. The van der Waals surface area contributed by atoms with E-state index in [0.29, 0.717) is 29.3 Å². The predicted molar refractivity (Wildman–Crippen MR) is 102 cm³/mol. The Bertz CT molecular complexity index is 864. The molecule has 0 unspecified atom stereocenters. The number of carbonyl (C=O) groups is 1. The summed E-state index contributed by atoms with van der Waals surface area (Å²) in [5.41, 5.74) is 0.570. The molecule has 0 radical (unpaired) electrons. The zero-order valence-electron chi connectivity index (χ0n) is 15.9. The van der Waals surface area contributed by atoms with Crippen LogP contribution in [0, 0.1) is 11.8 Å². The lowest BCUT2D eigenvalue weighted by Crippen LogP contribution is -3.12. The van der Waals surface area contributed by atoms with E-state index in [2.05, 4.69) is 22.3 Å². The van der Waals surface area contributed by atoms with Crippen LogP contribution in [-0.2, 0) is 11.3 Å². The van der Waals surface area contributed by atoms with E-state index in [1.807, 2.05) is 18.2 Å². The summed E-state index contributed by atoms with van der Waals surface area (Å²) in [7, 11) is 2.19. The second-order valence-electron chi connectivity index (χ2n) is 8.09. The van der Waals surface area contributed by atoms with E-state index >= 15 is 0 Å². The van der Waals surface area contributed by atoms with Crippen LogP contribution in [0.1, 0.15) is 25.7 Å². The van der Waals surface area contributed by atoms with Crippen molar-refractivity contribution in [2.45, 2.75) is 32.2 Å². The Hall–Kier alpha value is -2.28. The van der Waals surface area contributed by atoms with Crippen LogP contribution < -0.4 is 10.5 Å². The second-order valence-corrected chi connectivity index (χ2v) is 8.09. The zero-order valence-corrected chi connectivity index (χ0v) is 15.9. The standard InChI is InChI=1S/C20H27N5O2/c1-23-10-12-24(13-11-23)19(26)16-8-6-15(7-9-16)14-25-20(27)17-4-2-3-5-18(17)21-22-25/h2-5,15-16H,6-14H2,1H3/p+1. The third-order valence-corrected chi connectivity index (χ3v) is 6.19. The van der Waals surface area contributed by atoms with Crippen molar-refractivity contribution in [3.05, 3.63) is 34.6 Å². The smallest absolute Gasteiger partial charge is 0.277 e. The van der Waals surface area contributed by atoms with Crippen LogP contribution in [0.5, 0.6) is 0 Å². The van der Waals surface area contributed by atoms with Crippen molar-refractivity contribution in [1.29, 1.82) is 0 Å². The summed E-state index contributed by atoms with van der Waals surface area (Å²) in [4.78, 5) is 28.9. The topological polar surface area (TPSA) is 72.5 Å². The summed E-state index contributed by atoms with van der Waals surface area (Å²) in [6.45, 7) is 4.45. The Labute approximate surface area is 158 Å². The number of rotatable bonds is 3. The van der Waals surface area contributed by atoms with Gasteiger partial charge in [-0.25, -0.2) is 4.68 Å². The summed E-state index contributed by atoms with van der Waals surface area (Å²) in [6.07, 6.45) is 3.77. The molecule has 1 saturated carbocycles. The number of nitrogens with zero attached hydrogens (tertiary/aromatic N) is 4. The highest BCUT2D eigenvalue weighted by Crippen LogP contribution is 2.30. The molecular weight excluding hydrogens is 342 g/mol. The van der Waals surface area contributed by atoms with Crippen molar-refractivity contribution in [3.63, 3.8) is 0 Å². The summed E-state index contributed by atoms with van der Waals surface area (Å²) in [5, 5.41) is 8.90. The van der Waals surface area contributed by atoms with E-state index in [0.717, 1.165) is 51.9 Å². The Morgan fingerprint density at radius 3 is 2.59 bits per heavy atom. The van der Waals surface area contributed by atoms with Gasteiger partial charge in [0.15, 0.2) is 0 Å². The largest absolute Gasteiger partial charge is 0.334 e. The normalized spacial score (nSPS) is 24.3. The fourth-order valence-corrected chi connectivity index (χ4v) is 4.35. The molecule has 1 N–H and O–H groups in total. The number of likely N-dealkylation sites (N-methyl/N-ethyl adjacent to an activating group) is 1. The van der Waals surface area contributed by atoms with Crippen molar-refractivity contribution in [2.24, 2.45) is 11.8 Å². The molecule has 7 heteroatoms. The van der Waals surface area contributed by atoms with Gasteiger partial charge >= 0.3 is 0 Å². The molecule has 2 fully saturated rings. The minimum atomic E-state index is -0.0706. The van der Waals surface area contributed by atoms with Gasteiger partial charge in [-0.3, -0.25) is 9.59 Å². The third-order valence-electron chi connectivity index (χ3n) is 6.19. The first kappa shape index (κ1) is 18.1. The van der Waals surface area contributed by atoms with E-state index < -0.39 is 0 Å². The van der Waals surface area contributed by atoms with Crippen molar-refractivity contribution in [1.82, 2.24) is 19.9 Å². The number of piperazine rings is 1. The van der Waals surface area contributed by atoms with Gasteiger partial charge in [0.1, 0.15) is 5.52 Å².